The number of carbonyl (C=O) groups is 3. The zero-order chi connectivity index (χ0) is 27.6. The highest BCUT2D eigenvalue weighted by molar-refractivity contribution is 7.91. The molecule has 0 saturated carbocycles. The van der Waals surface area contributed by atoms with Crippen LogP contribution in [0.3, 0.4) is 0 Å². The summed E-state index contributed by atoms with van der Waals surface area (Å²) in [4.78, 5) is 33.2. The van der Waals surface area contributed by atoms with Crippen LogP contribution in [0.25, 0.3) is 0 Å². The molecule has 0 fully saturated rings. The first-order valence-electron chi connectivity index (χ1n) is 10.9. The quantitative estimate of drug-likeness (QED) is 0.198. The monoisotopic (exact) mass is 576 g/mol. The molecular formula is C24H26Cl2O10S. The van der Waals surface area contributed by atoms with E-state index in [0.717, 1.165) is 0 Å². The lowest BCUT2D eigenvalue weighted by Crippen LogP contribution is -2.29. The van der Waals surface area contributed by atoms with Gasteiger partial charge in [0.1, 0.15) is 37.4 Å². The van der Waals surface area contributed by atoms with Gasteiger partial charge in [0, 0.05) is 20.8 Å². The van der Waals surface area contributed by atoms with Crippen LogP contribution < -0.4 is 9.47 Å². The summed E-state index contributed by atoms with van der Waals surface area (Å²) in [7, 11) is -3.92. The molecule has 0 aromatic heterocycles. The highest BCUT2D eigenvalue weighted by atomic mass is 35.5. The number of benzene rings is 2. The summed E-state index contributed by atoms with van der Waals surface area (Å²) < 4.78 is 52.1. The van der Waals surface area contributed by atoms with Crippen LogP contribution in [0.15, 0.2) is 52.3 Å². The SMILES string of the molecule is CC(=O)OC[C@H](COc1ccc(S(=O)(=O)c2ccc(OC[C@@H](CCl)OC(C)=O)c(Cl)c2)cc1)OC(C)=O. The predicted molar refractivity (Wildman–Crippen MR) is 133 cm³/mol. The van der Waals surface area contributed by atoms with Crippen molar-refractivity contribution in [1.82, 2.24) is 0 Å². The van der Waals surface area contributed by atoms with Crippen LogP contribution in [0.5, 0.6) is 11.5 Å². The number of halogens is 2. The molecule has 0 radical (unpaired) electrons. The van der Waals surface area contributed by atoms with Crippen LogP contribution >= 0.6 is 23.2 Å². The molecule has 2 rings (SSSR count). The summed E-state index contributed by atoms with van der Waals surface area (Å²) in [5.41, 5.74) is 0. The third-order valence-corrected chi connectivity index (χ3v) is 6.93. The molecular weight excluding hydrogens is 551 g/mol. The molecule has 0 spiro atoms. The topological polar surface area (TPSA) is 132 Å². The predicted octanol–water partition coefficient (Wildman–Crippen LogP) is 3.60. The summed E-state index contributed by atoms with van der Waals surface area (Å²) in [6.45, 7) is 3.33. The molecule has 2 aromatic carbocycles. The molecule has 10 nitrogen and oxygen atoms in total. The molecule has 2 aromatic rings. The van der Waals surface area contributed by atoms with E-state index in [0.29, 0.717) is 5.75 Å². The highest BCUT2D eigenvalue weighted by Gasteiger charge is 2.21. The third-order valence-electron chi connectivity index (χ3n) is 4.52. The van der Waals surface area contributed by atoms with Gasteiger partial charge in [-0.1, -0.05) is 11.6 Å². The molecule has 202 valence electrons. The van der Waals surface area contributed by atoms with Gasteiger partial charge in [-0.25, -0.2) is 8.42 Å². The van der Waals surface area contributed by atoms with Crippen molar-refractivity contribution in [1.29, 1.82) is 0 Å². The van der Waals surface area contributed by atoms with Crippen molar-refractivity contribution >= 4 is 50.9 Å². The minimum Gasteiger partial charge on any atom is -0.490 e. The van der Waals surface area contributed by atoms with Crippen molar-refractivity contribution < 1.29 is 46.5 Å². The summed E-state index contributed by atoms with van der Waals surface area (Å²) in [6, 6.07) is 9.54. The van der Waals surface area contributed by atoms with Gasteiger partial charge in [0.05, 0.1) is 20.7 Å². The van der Waals surface area contributed by atoms with Crippen LogP contribution in [0, 0.1) is 0 Å². The Kier molecular flexibility index (Phi) is 11.5. The van der Waals surface area contributed by atoms with Gasteiger partial charge < -0.3 is 23.7 Å². The summed E-state index contributed by atoms with van der Waals surface area (Å²) in [6.07, 6.45) is -1.52. The lowest BCUT2D eigenvalue weighted by atomic mass is 10.3. The molecule has 0 bridgehead atoms. The second kappa shape index (κ2) is 14.1. The van der Waals surface area contributed by atoms with Gasteiger partial charge in [-0.15, -0.1) is 11.6 Å². The van der Waals surface area contributed by atoms with Crippen LogP contribution in [0.2, 0.25) is 5.02 Å². The van der Waals surface area contributed by atoms with E-state index < -0.39 is 40.0 Å². The minimum atomic E-state index is -3.92. The second-order valence-electron chi connectivity index (χ2n) is 7.61. The van der Waals surface area contributed by atoms with Gasteiger partial charge in [0.15, 0.2) is 6.10 Å². The first kappa shape index (κ1) is 30.2. The Balaban J connectivity index is 2.07. The fraction of sp³-hybridized carbons (Fsp3) is 0.375. The van der Waals surface area contributed by atoms with E-state index in [1.165, 1.54) is 63.2 Å². The summed E-state index contributed by atoms with van der Waals surface area (Å²) in [5.74, 6) is -1.09. The van der Waals surface area contributed by atoms with Gasteiger partial charge in [-0.2, -0.15) is 0 Å². The number of sulfone groups is 1. The Hall–Kier alpha value is -3.02. The maximum atomic E-state index is 13.1. The highest BCUT2D eigenvalue weighted by Crippen LogP contribution is 2.31. The Bertz CT molecular complexity index is 1200. The normalized spacial score (nSPS) is 12.7. The van der Waals surface area contributed by atoms with Gasteiger partial charge in [0.25, 0.3) is 0 Å². The van der Waals surface area contributed by atoms with E-state index in [-0.39, 0.29) is 46.3 Å². The zero-order valence-electron chi connectivity index (χ0n) is 20.3. The molecule has 0 aliphatic heterocycles. The van der Waals surface area contributed by atoms with E-state index >= 15 is 0 Å². The second-order valence-corrected chi connectivity index (χ2v) is 10.3. The van der Waals surface area contributed by atoms with Crippen molar-refractivity contribution in [3.05, 3.63) is 47.5 Å². The Morgan fingerprint density at radius 3 is 1.89 bits per heavy atom. The largest absolute Gasteiger partial charge is 0.490 e. The molecule has 0 N–H and O–H groups in total. The number of ether oxygens (including phenoxy) is 5. The summed E-state index contributed by atoms with van der Waals surface area (Å²) >= 11 is 12.0. The van der Waals surface area contributed by atoms with E-state index in [1.54, 1.807) is 0 Å². The van der Waals surface area contributed by atoms with Crippen molar-refractivity contribution in [2.75, 3.05) is 25.7 Å². The average Bonchev–Trinajstić information content (AvgIpc) is 2.83. The van der Waals surface area contributed by atoms with Crippen LogP contribution in [0.1, 0.15) is 20.8 Å². The number of hydrogen-bond acceptors (Lipinski definition) is 10. The lowest BCUT2D eigenvalue weighted by molar-refractivity contribution is -0.158. The smallest absolute Gasteiger partial charge is 0.303 e. The maximum absolute atomic E-state index is 13.1. The van der Waals surface area contributed by atoms with Crippen molar-refractivity contribution in [2.24, 2.45) is 0 Å². The molecule has 0 unspecified atom stereocenters. The van der Waals surface area contributed by atoms with Crippen molar-refractivity contribution in [3.63, 3.8) is 0 Å². The van der Waals surface area contributed by atoms with E-state index in [1.807, 2.05) is 0 Å². The number of alkyl halides is 1. The molecule has 0 aliphatic carbocycles. The minimum absolute atomic E-state index is 0.0139. The van der Waals surface area contributed by atoms with Gasteiger partial charge in [-0.05, 0) is 42.5 Å². The molecule has 0 heterocycles. The molecule has 0 aliphatic rings. The number of hydrogen-bond donors (Lipinski definition) is 0. The summed E-state index contributed by atoms with van der Waals surface area (Å²) in [5, 5.41) is 0.0430. The fourth-order valence-electron chi connectivity index (χ4n) is 2.89. The number of carbonyl (C=O) groups excluding carboxylic acids is 3. The van der Waals surface area contributed by atoms with Crippen molar-refractivity contribution in [2.45, 2.75) is 42.8 Å². The fourth-order valence-corrected chi connectivity index (χ4v) is 4.63. The Labute approximate surface area is 224 Å². The molecule has 13 heteroatoms. The van der Waals surface area contributed by atoms with Crippen LogP contribution in [-0.2, 0) is 38.4 Å². The molecule has 37 heavy (non-hydrogen) atoms. The average molecular weight is 577 g/mol. The number of esters is 3. The van der Waals surface area contributed by atoms with Crippen LogP contribution in [-0.4, -0.2) is 64.2 Å². The standard InChI is InChI=1S/C24H26Cl2O10S/c1-15(27)32-13-20(36-17(3)29)14-33-18-4-6-21(7-5-18)37(30,31)22-8-9-24(23(26)10-22)34-12-19(11-25)35-16(2)28/h4-10,19-20H,11-14H2,1-3H3/t19-,20-/m1/s1. The van der Waals surface area contributed by atoms with Gasteiger partial charge >= 0.3 is 17.9 Å². The zero-order valence-corrected chi connectivity index (χ0v) is 22.6. The molecule has 2 atom stereocenters. The Morgan fingerprint density at radius 1 is 0.784 bits per heavy atom. The first-order valence-corrected chi connectivity index (χ1v) is 13.3. The van der Waals surface area contributed by atoms with Crippen molar-refractivity contribution in [3.8, 4) is 11.5 Å². The molecule has 0 saturated heterocycles. The van der Waals surface area contributed by atoms with E-state index in [2.05, 4.69) is 0 Å². The third kappa shape index (κ3) is 9.75. The van der Waals surface area contributed by atoms with Gasteiger partial charge in [-0.3, -0.25) is 14.4 Å². The van der Waals surface area contributed by atoms with E-state index in [4.69, 9.17) is 46.9 Å². The van der Waals surface area contributed by atoms with Crippen LogP contribution in [0.4, 0.5) is 0 Å². The first-order chi connectivity index (χ1) is 17.4. The number of rotatable bonds is 13. The molecule has 0 amide bonds. The lowest BCUT2D eigenvalue weighted by Gasteiger charge is -2.17. The Morgan fingerprint density at radius 2 is 1.35 bits per heavy atom. The van der Waals surface area contributed by atoms with Gasteiger partial charge in [0.2, 0.25) is 9.84 Å². The maximum Gasteiger partial charge on any atom is 0.303 e. The van der Waals surface area contributed by atoms with E-state index in [9.17, 15) is 22.8 Å².